The lowest BCUT2D eigenvalue weighted by atomic mass is 9.80. The maximum absolute atomic E-state index is 9.18. The van der Waals surface area contributed by atoms with Crippen LogP contribution in [0, 0.1) is 0 Å². The lowest BCUT2D eigenvalue weighted by Crippen LogP contribution is -2.15. The average Bonchev–Trinajstić information content (AvgIpc) is 0.750. The van der Waals surface area contributed by atoms with Crippen molar-refractivity contribution < 1.29 is 15.4 Å². The van der Waals surface area contributed by atoms with Crippen LogP contribution < -0.4 is 0 Å². The quantitative estimate of drug-likeness (QED) is 0.119. The van der Waals surface area contributed by atoms with Crippen LogP contribution in [-0.4, -0.2) is 0 Å². The van der Waals surface area contributed by atoms with Gasteiger partial charge in [0.05, 0.1) is 11.0 Å². The number of benzene rings is 18. The number of fused-ring (bicyclic) bond motifs is 8. The van der Waals surface area contributed by atoms with Gasteiger partial charge >= 0.3 is 0 Å². The molecular weight excluding hydrogens is 1110 g/mol. The van der Waals surface area contributed by atoms with Crippen LogP contribution >= 0.6 is 0 Å². The van der Waals surface area contributed by atoms with Gasteiger partial charge in [-0.05, 0) is 206 Å². The molecule has 20 rings (SSSR count). The van der Waals surface area contributed by atoms with Gasteiger partial charge in [0.25, 0.3) is 0 Å². The van der Waals surface area contributed by atoms with Crippen LogP contribution in [0.4, 0.5) is 0 Å². The molecule has 1 aromatic heterocycles. The summed E-state index contributed by atoms with van der Waals surface area (Å²) >= 11 is 0. The molecule has 1 heteroatoms. The Morgan fingerprint density at radius 2 is 0.641 bits per heavy atom. The first-order chi connectivity index (χ1) is 48.7. The summed E-state index contributed by atoms with van der Waals surface area (Å²) in [6.45, 7) is 4.79. The highest BCUT2D eigenvalue weighted by Crippen LogP contribution is 2.52. The minimum absolute atomic E-state index is 0.123. The van der Waals surface area contributed by atoms with E-state index in [1.165, 1.54) is 120 Å². The van der Waals surface area contributed by atoms with E-state index in [1.807, 2.05) is 84.9 Å². The molecule has 19 aromatic rings. The van der Waals surface area contributed by atoms with Crippen molar-refractivity contribution in [2.75, 3.05) is 0 Å². The zero-order valence-electron chi connectivity index (χ0n) is 58.3. The fraction of sp³-hybridized carbons (Fsp3) is 0.0330. The fourth-order valence-electron chi connectivity index (χ4n) is 15.4. The zero-order chi connectivity index (χ0) is 67.7. The highest BCUT2D eigenvalue weighted by molar-refractivity contribution is 6.27. The van der Waals surface area contributed by atoms with Crippen molar-refractivity contribution in [1.82, 2.24) is 0 Å². The average molecular weight is 1180 g/mol. The fourth-order valence-corrected chi connectivity index (χ4v) is 15.4. The minimum atomic E-state index is -0.427. The van der Waals surface area contributed by atoms with Crippen molar-refractivity contribution >= 4 is 108 Å². The van der Waals surface area contributed by atoms with Crippen LogP contribution in [0.3, 0.4) is 0 Å². The van der Waals surface area contributed by atoms with Gasteiger partial charge in [0.15, 0.2) is 0 Å². The van der Waals surface area contributed by atoms with Crippen molar-refractivity contribution in [3.05, 3.63) is 326 Å². The van der Waals surface area contributed by atoms with Crippen molar-refractivity contribution in [1.29, 1.82) is 0 Å². The van der Waals surface area contributed by atoms with E-state index in [9.17, 15) is 2.74 Å². The van der Waals surface area contributed by atoms with Crippen LogP contribution in [0.15, 0.2) is 320 Å². The molecule has 0 amide bonds. The molecule has 1 nitrogen and oxygen atoms in total. The number of hydrogen-bond donors (Lipinski definition) is 0. The van der Waals surface area contributed by atoms with Crippen LogP contribution in [0.25, 0.3) is 186 Å². The first kappa shape index (κ1) is 44.7. The van der Waals surface area contributed by atoms with Crippen molar-refractivity contribution in [2.45, 2.75) is 19.3 Å². The van der Waals surface area contributed by atoms with Gasteiger partial charge in [-0.3, -0.25) is 0 Å². The van der Waals surface area contributed by atoms with Gasteiger partial charge in [-0.15, -0.1) is 0 Å². The van der Waals surface area contributed by atoms with Crippen molar-refractivity contribution in [3.63, 3.8) is 0 Å². The van der Waals surface area contributed by atoms with E-state index in [2.05, 4.69) is 184 Å². The molecule has 0 N–H and O–H groups in total. The van der Waals surface area contributed by atoms with Crippen molar-refractivity contribution in [2.24, 2.45) is 0 Å². The summed E-state index contributed by atoms with van der Waals surface area (Å²) in [7, 11) is 0. The van der Waals surface area contributed by atoms with Crippen LogP contribution in [0.2, 0.25) is 0 Å². The number of para-hydroxylation sites is 1. The molecule has 0 atom stereocenters. The van der Waals surface area contributed by atoms with Gasteiger partial charge in [0.2, 0.25) is 0 Å². The van der Waals surface area contributed by atoms with E-state index < -0.39 is 24.2 Å². The van der Waals surface area contributed by atoms with Gasteiger partial charge in [-0.25, -0.2) is 0 Å². The van der Waals surface area contributed by atoms with E-state index in [0.29, 0.717) is 33.4 Å². The maximum atomic E-state index is 9.18. The van der Waals surface area contributed by atoms with E-state index >= 15 is 0 Å². The number of rotatable bonds is 6. The molecule has 1 heterocycles. The minimum Gasteiger partial charge on any atom is -0.456 e. The monoisotopic (exact) mass is 1170 g/mol. The molecule has 18 aromatic carbocycles. The number of furan rings is 1. The Balaban J connectivity index is 0.000000140. The summed E-state index contributed by atoms with van der Waals surface area (Å²) in [5.74, 6) is 0. The predicted molar refractivity (Wildman–Crippen MR) is 393 cm³/mol. The van der Waals surface area contributed by atoms with Crippen LogP contribution in [0.1, 0.15) is 35.9 Å². The summed E-state index contributed by atoms with van der Waals surface area (Å²) in [5, 5.41) is 18.3. The Morgan fingerprint density at radius 3 is 1.22 bits per heavy atom. The van der Waals surface area contributed by atoms with Crippen LogP contribution in [0.5, 0.6) is 0 Å². The molecule has 0 radical (unpaired) electrons. The highest BCUT2D eigenvalue weighted by atomic mass is 16.3. The van der Waals surface area contributed by atoms with Gasteiger partial charge in [-0.1, -0.05) is 299 Å². The molecule has 92 heavy (non-hydrogen) atoms. The Kier molecular flexibility index (Phi) is 9.82. The summed E-state index contributed by atoms with van der Waals surface area (Å²) in [6, 6.07) is 91.6. The molecule has 0 bridgehead atoms. The molecule has 1 aliphatic rings. The Morgan fingerprint density at radius 1 is 0.250 bits per heavy atom. The molecule has 0 spiro atoms. The van der Waals surface area contributed by atoms with Gasteiger partial charge in [0.1, 0.15) is 11.2 Å². The van der Waals surface area contributed by atoms with E-state index in [-0.39, 0.29) is 51.1 Å². The Bertz CT molecular complexity index is 6580. The highest BCUT2D eigenvalue weighted by Gasteiger charge is 2.36. The third-order valence-corrected chi connectivity index (χ3v) is 19.9. The molecule has 0 fully saturated rings. The largest absolute Gasteiger partial charge is 0.456 e. The summed E-state index contributed by atoms with van der Waals surface area (Å²) in [5.41, 5.74) is 18.0. The van der Waals surface area contributed by atoms with Gasteiger partial charge in [-0.2, -0.15) is 0 Å². The topological polar surface area (TPSA) is 13.1 Å². The molecule has 0 aliphatic heterocycles. The first-order valence-electron chi connectivity index (χ1n) is 35.5. The standard InChI is InChI=1S/C53H34.C38H24O/c1-53(2)47-29-39(31-9-11-32(12-10-31)41-23-17-37-15-13-33-5-3-7-35-19-27-45(41)51(37)49(33)35)21-25-43(47)44-26-22-40(30-48(44)53)42-24-18-38-16-14-34-6-4-8-36-20-28-46(42)52(38)50(34)36;1-2-10-25(11-3-1)26-18-20-27(21-19-26)37-30-13-4-6-15-32(30)38(33-16-7-5-14-31(33)37)28-22-23-36-34(24-28)29-12-8-9-17-35(29)39-36/h3-30H,1-2H3;1-24H/i;4D,5D,6D,7D,13D,14D,15D,16D. The lowest BCUT2D eigenvalue weighted by molar-refractivity contribution is 0.661. The molecule has 0 unspecified atom stereocenters. The van der Waals surface area contributed by atoms with E-state index in [0.717, 1.165) is 21.9 Å². The molecule has 428 valence electrons. The Hall–Kier alpha value is -11.6. The van der Waals surface area contributed by atoms with E-state index in [4.69, 9.17) is 12.6 Å². The Labute approximate surface area is 544 Å². The third-order valence-electron chi connectivity index (χ3n) is 19.9. The number of hydrogen-bond acceptors (Lipinski definition) is 1. The summed E-state index contributed by atoms with van der Waals surface area (Å²) in [4.78, 5) is 0. The molecule has 0 saturated carbocycles. The predicted octanol–water partition coefficient (Wildman–Crippen LogP) is 25.7. The second kappa shape index (κ2) is 20.2. The molecule has 0 saturated heterocycles. The zero-order valence-corrected chi connectivity index (χ0v) is 50.3. The van der Waals surface area contributed by atoms with Gasteiger partial charge < -0.3 is 4.42 Å². The molecular formula is C91H58O. The second-order valence-corrected chi connectivity index (χ2v) is 25.2. The van der Waals surface area contributed by atoms with E-state index in [1.54, 1.807) is 12.1 Å². The van der Waals surface area contributed by atoms with Crippen LogP contribution in [-0.2, 0) is 5.41 Å². The smallest absolute Gasteiger partial charge is 0.135 e. The first-order valence-corrected chi connectivity index (χ1v) is 31.5. The summed E-state index contributed by atoms with van der Waals surface area (Å²) < 4.78 is 77.3. The van der Waals surface area contributed by atoms with Crippen molar-refractivity contribution in [3.8, 4) is 77.9 Å². The lowest BCUT2D eigenvalue weighted by Gasteiger charge is -2.23. The second-order valence-electron chi connectivity index (χ2n) is 25.2. The normalized spacial score (nSPS) is 14.0. The van der Waals surface area contributed by atoms with Gasteiger partial charge in [0, 0.05) is 16.2 Å². The maximum Gasteiger partial charge on any atom is 0.135 e. The molecule has 1 aliphatic carbocycles. The summed E-state index contributed by atoms with van der Waals surface area (Å²) in [6.07, 6.45) is 0. The third kappa shape index (κ3) is 7.98. The SMILES string of the molecule is CC1(C)c2cc(-c3ccc(-c4ccc5ccc6cccc7ccc4c5c67)cc3)ccc2-c2ccc(-c3ccc4ccc5cccc6ccc3c4c56)cc21.[2H]c1c([2H])c([2H])c2c(-c3ccc4oc5ccccc5c4c3)c3c([2H])c([2H])c([2H])c([2H])c3c(-c3ccc(-c4ccccc4)cc3)c2c1[2H].